The number of hydrogen-bond acceptors (Lipinski definition) is 12. The van der Waals surface area contributed by atoms with E-state index in [1.165, 1.54) is 37.0 Å². The molecule has 0 unspecified atom stereocenters. The molecule has 12 nitrogen and oxygen atoms in total. The van der Waals surface area contributed by atoms with Crippen LogP contribution in [0.5, 0.6) is 5.75 Å². The Bertz CT molecular complexity index is 1320. The van der Waals surface area contributed by atoms with Crippen molar-refractivity contribution in [2.75, 3.05) is 19.8 Å². The number of fused-ring (bicyclic) bond motifs is 3. The van der Waals surface area contributed by atoms with Gasteiger partial charge in [-0.15, -0.1) is 0 Å². The molecule has 0 saturated heterocycles. The van der Waals surface area contributed by atoms with Crippen molar-refractivity contribution < 1.29 is 44.3 Å². The van der Waals surface area contributed by atoms with Crippen molar-refractivity contribution in [1.82, 2.24) is 9.62 Å². The number of nitrogens with one attached hydrogen (secondary N) is 1. The molecule has 4 rings (SSSR count). The predicted octanol–water partition coefficient (Wildman–Crippen LogP) is 0.652. The summed E-state index contributed by atoms with van der Waals surface area (Å²) in [4.78, 5) is 53.7. The van der Waals surface area contributed by atoms with Gasteiger partial charge in [-0.25, -0.2) is 0 Å². The van der Waals surface area contributed by atoms with Crippen molar-refractivity contribution in [2.24, 2.45) is 17.6 Å². The van der Waals surface area contributed by atoms with Crippen molar-refractivity contribution >= 4 is 41.2 Å². The van der Waals surface area contributed by atoms with Gasteiger partial charge in [-0.3, -0.25) is 28.8 Å². The normalized spacial score (nSPS) is 30.2. The quantitative estimate of drug-likeness (QED) is 0.118. The van der Waals surface area contributed by atoms with Crippen LogP contribution in [0, 0.1) is 11.8 Å². The number of benzene rings is 1. The maximum Gasteiger partial charge on any atom is 0.302 e. The molecule has 0 aliphatic heterocycles. The van der Waals surface area contributed by atoms with E-state index in [-0.39, 0.29) is 11.3 Å². The molecule has 6 atom stereocenters. The monoisotopic (exact) mass is 561 g/mol. The van der Waals surface area contributed by atoms with Gasteiger partial charge in [-0.05, 0) is 32.1 Å². The van der Waals surface area contributed by atoms with Gasteiger partial charge in [0.05, 0.1) is 29.1 Å². The van der Waals surface area contributed by atoms with E-state index in [1.54, 1.807) is 12.1 Å². The Morgan fingerprint density at radius 3 is 2.44 bits per heavy atom. The molecular weight excluding hydrogens is 530 g/mol. The van der Waals surface area contributed by atoms with Crippen molar-refractivity contribution in [3.8, 4) is 5.75 Å². The largest absolute Gasteiger partial charge is 0.508 e. The molecule has 39 heavy (non-hydrogen) atoms. The summed E-state index contributed by atoms with van der Waals surface area (Å²) >= 11 is 1.30. The third kappa shape index (κ3) is 4.20. The summed E-state index contributed by atoms with van der Waals surface area (Å²) in [7, 11) is 2.92. The fourth-order valence-electron chi connectivity index (χ4n) is 5.97. The van der Waals surface area contributed by atoms with Gasteiger partial charge in [-0.2, -0.15) is 0 Å². The molecule has 1 aromatic carbocycles. The Hall–Kier alpha value is -3.39. The van der Waals surface area contributed by atoms with Crippen LogP contribution in [0.3, 0.4) is 0 Å². The summed E-state index contributed by atoms with van der Waals surface area (Å²) < 4.78 is 8.95. The fourth-order valence-corrected chi connectivity index (χ4v) is 6.74. The molecular formula is C26H31N3O9S. The predicted molar refractivity (Wildman–Crippen MR) is 140 cm³/mol. The average molecular weight is 562 g/mol. The molecule has 13 heteroatoms. The summed E-state index contributed by atoms with van der Waals surface area (Å²) in [5.74, 6) is -8.78. The number of nitrogens with two attached hydrogens (primary N) is 1. The van der Waals surface area contributed by atoms with Gasteiger partial charge >= 0.3 is 5.97 Å². The minimum absolute atomic E-state index is 0.0787. The molecule has 7 N–H and O–H groups in total. The number of aromatic hydroxyl groups is 1. The van der Waals surface area contributed by atoms with E-state index in [2.05, 4.69) is 4.72 Å². The first-order valence-electron chi connectivity index (χ1n) is 12.3. The standard InChI is InChI=1S/C26H31N3O9S/c1-5-9-39-28-18-11-7-6-8-12(31)13(11)20(32)15-14(18)22(38-10(2)30)17-19(29(3)4)21(33)16(25(27)36)24(35)26(17,37)23(15)34/h6-8,14,17-19,22,28,31-32,35,37H,5,9H2,1-4H3,(H2,27,36)/t14-,17+,18-,19-,22-,26-/m0/s1. The summed E-state index contributed by atoms with van der Waals surface area (Å²) in [6.45, 7) is 3.06. The topological polar surface area (TPSA) is 200 Å². The number of nitrogens with zero attached hydrogens (tertiary/aromatic N) is 1. The molecule has 3 aliphatic carbocycles. The van der Waals surface area contributed by atoms with Crippen molar-refractivity contribution in [1.29, 1.82) is 0 Å². The maximum atomic E-state index is 14.2. The van der Waals surface area contributed by atoms with Crippen LogP contribution in [0.15, 0.2) is 35.1 Å². The third-order valence-electron chi connectivity index (χ3n) is 7.45. The van der Waals surface area contributed by atoms with E-state index >= 15 is 0 Å². The highest BCUT2D eigenvalue weighted by atomic mass is 32.2. The minimum atomic E-state index is -2.98. The minimum Gasteiger partial charge on any atom is -0.508 e. The first-order chi connectivity index (χ1) is 18.3. The number of primary amides is 1. The maximum absolute atomic E-state index is 14.2. The van der Waals surface area contributed by atoms with Gasteiger partial charge in [0.1, 0.15) is 28.9 Å². The van der Waals surface area contributed by atoms with Crippen LogP contribution in [0.4, 0.5) is 0 Å². The van der Waals surface area contributed by atoms with Crippen molar-refractivity contribution in [2.45, 2.75) is 44.1 Å². The van der Waals surface area contributed by atoms with Gasteiger partial charge in [0.25, 0.3) is 5.91 Å². The van der Waals surface area contributed by atoms with Gasteiger partial charge in [0.15, 0.2) is 11.4 Å². The molecule has 0 spiro atoms. The van der Waals surface area contributed by atoms with Crippen LogP contribution in [0.1, 0.15) is 37.4 Å². The summed E-state index contributed by atoms with van der Waals surface area (Å²) in [5, 5.41) is 45.1. The van der Waals surface area contributed by atoms with Crippen LogP contribution < -0.4 is 10.5 Å². The second-order valence-corrected chi connectivity index (χ2v) is 11.0. The molecule has 1 saturated carbocycles. The molecule has 210 valence electrons. The third-order valence-corrected chi connectivity index (χ3v) is 8.48. The van der Waals surface area contributed by atoms with Crippen molar-refractivity contribution in [3.05, 3.63) is 46.2 Å². The molecule has 0 radical (unpaired) electrons. The molecule has 1 fully saturated rings. The lowest BCUT2D eigenvalue weighted by molar-refractivity contribution is -0.184. The number of phenolic OH excluding ortho intramolecular Hbond substituents is 1. The van der Waals surface area contributed by atoms with E-state index in [4.69, 9.17) is 10.5 Å². The van der Waals surface area contributed by atoms with Crippen LogP contribution in [0.25, 0.3) is 5.76 Å². The van der Waals surface area contributed by atoms with E-state index in [0.717, 1.165) is 13.3 Å². The van der Waals surface area contributed by atoms with Crippen LogP contribution in [-0.4, -0.2) is 86.4 Å². The number of esters is 1. The highest BCUT2D eigenvalue weighted by Crippen LogP contribution is 2.56. The van der Waals surface area contributed by atoms with Crippen LogP contribution in [0.2, 0.25) is 0 Å². The second-order valence-electron chi connectivity index (χ2n) is 10.0. The zero-order chi connectivity index (χ0) is 29.0. The van der Waals surface area contributed by atoms with Crippen LogP contribution >= 0.6 is 11.9 Å². The van der Waals surface area contributed by atoms with E-state index < -0.39 is 81.7 Å². The Kier molecular flexibility index (Phi) is 7.56. The Labute approximate surface area is 228 Å². The molecule has 0 aromatic heterocycles. The molecule has 1 aromatic rings. The second kappa shape index (κ2) is 10.3. The summed E-state index contributed by atoms with van der Waals surface area (Å²) in [5.41, 5.74) is 1.30. The highest BCUT2D eigenvalue weighted by molar-refractivity contribution is 7.97. The van der Waals surface area contributed by atoms with Gasteiger partial charge in [0.2, 0.25) is 5.78 Å². The van der Waals surface area contributed by atoms with E-state index in [0.29, 0.717) is 11.3 Å². The molecule has 0 bridgehead atoms. The van der Waals surface area contributed by atoms with Crippen molar-refractivity contribution in [3.63, 3.8) is 0 Å². The number of ether oxygens (including phenoxy) is 1. The first-order valence-corrected chi connectivity index (χ1v) is 13.3. The van der Waals surface area contributed by atoms with Gasteiger partial charge in [0, 0.05) is 18.6 Å². The molecule has 1 amide bonds. The first kappa shape index (κ1) is 28.6. The SMILES string of the molecule is CCCSN[C@H]1c2cccc(O)c2C(O)=C2C(=O)[C@]3(O)C(O)=C(C(N)=O)C(=O)[C@@H](N(C)C)[C@@H]3[C@@H](OC(C)=O)[C@@H]21. The Morgan fingerprint density at radius 2 is 1.87 bits per heavy atom. The molecule has 3 aliphatic rings. The van der Waals surface area contributed by atoms with E-state index in [9.17, 15) is 39.6 Å². The number of phenols is 1. The number of likely N-dealkylation sites (N-methyl/N-ethyl adjacent to an activating group) is 1. The number of rotatable bonds is 7. The number of amides is 1. The fraction of sp³-hybridized carbons (Fsp3) is 0.462. The smallest absolute Gasteiger partial charge is 0.302 e. The lowest BCUT2D eigenvalue weighted by atomic mass is 9.55. The van der Waals surface area contributed by atoms with Gasteiger partial charge < -0.3 is 30.9 Å². The average Bonchev–Trinajstić information content (AvgIpc) is 2.84. The van der Waals surface area contributed by atoms with Crippen LogP contribution in [-0.2, 0) is 23.9 Å². The number of Topliss-reactive ketones (excluding diaryl/α,β-unsaturated/α-hetero) is 2. The number of ketones is 2. The Morgan fingerprint density at radius 1 is 1.21 bits per heavy atom. The lowest BCUT2D eigenvalue weighted by Gasteiger charge is -2.54. The number of carbonyl (C=O) groups is 4. The molecule has 0 heterocycles. The number of aliphatic hydroxyl groups is 3. The summed E-state index contributed by atoms with van der Waals surface area (Å²) in [6.07, 6.45) is -0.679. The van der Waals surface area contributed by atoms with Gasteiger partial charge in [-0.1, -0.05) is 31.0 Å². The number of aliphatic hydroxyl groups excluding tert-OH is 2. The number of carbonyl (C=O) groups excluding carboxylic acids is 4. The Balaban J connectivity index is 2.10. The van der Waals surface area contributed by atoms with E-state index in [1.807, 2.05) is 6.92 Å². The lowest BCUT2D eigenvalue weighted by Crippen LogP contribution is -2.71. The summed E-state index contributed by atoms with van der Waals surface area (Å²) in [6, 6.07) is 2.20. The zero-order valence-corrected chi connectivity index (χ0v) is 22.6. The zero-order valence-electron chi connectivity index (χ0n) is 21.8. The number of hydrogen-bond donors (Lipinski definition) is 6. The highest BCUT2D eigenvalue weighted by Gasteiger charge is 2.70.